The van der Waals surface area contributed by atoms with Gasteiger partial charge in [-0.05, 0) is 12.1 Å². The molecule has 1 aromatic carbocycles. The van der Waals surface area contributed by atoms with Crippen molar-refractivity contribution in [2.75, 3.05) is 25.5 Å². The Labute approximate surface area is 108 Å². The lowest BCUT2D eigenvalue weighted by Crippen LogP contribution is -2.29. The molecule has 1 rings (SSSR count). The molecule has 0 amide bonds. The first-order chi connectivity index (χ1) is 8.72. The van der Waals surface area contributed by atoms with Gasteiger partial charge in [-0.2, -0.15) is 13.2 Å². The summed E-state index contributed by atoms with van der Waals surface area (Å²) in [4.78, 5) is -0.120. The highest BCUT2D eigenvalue weighted by Gasteiger charge is 2.27. The van der Waals surface area contributed by atoms with Gasteiger partial charge in [0, 0.05) is 6.54 Å². The predicted octanol–water partition coefficient (Wildman–Crippen LogP) is 1.13. The largest absolute Gasteiger partial charge is 0.411 e. The van der Waals surface area contributed by atoms with Crippen LogP contribution in [0.3, 0.4) is 0 Å². The minimum Gasteiger partial charge on any atom is -0.398 e. The van der Waals surface area contributed by atoms with Crippen molar-refractivity contribution in [2.45, 2.75) is 11.1 Å². The van der Waals surface area contributed by atoms with Crippen LogP contribution in [0.4, 0.5) is 18.9 Å². The zero-order chi connectivity index (χ0) is 14.5. The minimum absolute atomic E-state index is 0.0613. The van der Waals surface area contributed by atoms with Crippen molar-refractivity contribution in [3.8, 4) is 0 Å². The van der Waals surface area contributed by atoms with E-state index < -0.39 is 22.8 Å². The van der Waals surface area contributed by atoms with Crippen LogP contribution in [-0.2, 0) is 14.8 Å². The van der Waals surface area contributed by atoms with E-state index in [4.69, 9.17) is 5.73 Å². The summed E-state index contributed by atoms with van der Waals surface area (Å²) in [5.41, 5.74) is 5.56. The van der Waals surface area contributed by atoms with Gasteiger partial charge in [0.15, 0.2) is 0 Å². The second kappa shape index (κ2) is 6.22. The molecule has 3 N–H and O–H groups in total. The zero-order valence-electron chi connectivity index (χ0n) is 9.77. The first-order valence-electron chi connectivity index (χ1n) is 5.21. The van der Waals surface area contributed by atoms with Crippen molar-refractivity contribution < 1.29 is 26.3 Å². The number of ether oxygens (including phenoxy) is 1. The number of para-hydroxylation sites is 1. The molecule has 0 atom stereocenters. The Balaban J connectivity index is 2.47. The second-order valence-corrected chi connectivity index (χ2v) is 5.34. The summed E-state index contributed by atoms with van der Waals surface area (Å²) >= 11 is 0. The third kappa shape index (κ3) is 5.45. The van der Waals surface area contributed by atoms with E-state index >= 15 is 0 Å². The maximum absolute atomic E-state index is 11.8. The molecule has 0 bridgehead atoms. The standard InChI is InChI=1S/C10H13F3N2O3S/c11-10(12,13)7-18-6-5-15-19(16,17)9-4-2-1-3-8(9)14/h1-4,15H,5-7,14H2. The van der Waals surface area contributed by atoms with Crippen LogP contribution in [0.2, 0.25) is 0 Å². The second-order valence-electron chi connectivity index (χ2n) is 3.60. The van der Waals surface area contributed by atoms with Gasteiger partial charge in [-0.3, -0.25) is 0 Å². The summed E-state index contributed by atoms with van der Waals surface area (Å²) in [5, 5.41) is 0. The molecular formula is C10H13F3N2O3S. The maximum Gasteiger partial charge on any atom is 0.411 e. The zero-order valence-corrected chi connectivity index (χ0v) is 10.6. The fraction of sp³-hybridized carbons (Fsp3) is 0.400. The number of nitrogens with two attached hydrogens (primary N) is 1. The predicted molar refractivity (Wildman–Crippen MR) is 62.9 cm³/mol. The molecule has 9 heteroatoms. The summed E-state index contributed by atoms with van der Waals surface area (Å²) in [5.74, 6) is 0. The van der Waals surface area contributed by atoms with Gasteiger partial charge in [0.05, 0.1) is 12.3 Å². The highest BCUT2D eigenvalue weighted by molar-refractivity contribution is 7.89. The van der Waals surface area contributed by atoms with Crippen LogP contribution in [0.25, 0.3) is 0 Å². The van der Waals surface area contributed by atoms with Gasteiger partial charge in [-0.15, -0.1) is 0 Å². The number of anilines is 1. The smallest absolute Gasteiger partial charge is 0.398 e. The van der Waals surface area contributed by atoms with Crippen molar-refractivity contribution in [2.24, 2.45) is 0 Å². The van der Waals surface area contributed by atoms with Gasteiger partial charge >= 0.3 is 6.18 Å². The Hall–Kier alpha value is -1.32. The van der Waals surface area contributed by atoms with Crippen molar-refractivity contribution in [1.29, 1.82) is 0 Å². The first kappa shape index (κ1) is 15.7. The monoisotopic (exact) mass is 298 g/mol. The molecule has 0 saturated heterocycles. The third-order valence-corrected chi connectivity index (χ3v) is 3.55. The van der Waals surface area contributed by atoms with Crippen LogP contribution in [0.1, 0.15) is 0 Å². The maximum atomic E-state index is 11.8. The van der Waals surface area contributed by atoms with Crippen molar-refractivity contribution >= 4 is 15.7 Å². The van der Waals surface area contributed by atoms with Gasteiger partial charge < -0.3 is 10.5 Å². The number of hydrogen-bond donors (Lipinski definition) is 2. The number of rotatable bonds is 6. The molecule has 0 unspecified atom stereocenters. The van der Waals surface area contributed by atoms with E-state index in [1.807, 2.05) is 0 Å². The Kier molecular flexibility index (Phi) is 5.15. The minimum atomic E-state index is -4.43. The SMILES string of the molecule is Nc1ccccc1S(=O)(=O)NCCOCC(F)(F)F. The summed E-state index contributed by atoms with van der Waals surface area (Å²) in [7, 11) is -3.84. The van der Waals surface area contributed by atoms with Crippen molar-refractivity contribution in [3.63, 3.8) is 0 Å². The van der Waals surface area contributed by atoms with Crippen LogP contribution < -0.4 is 10.5 Å². The summed E-state index contributed by atoms with van der Waals surface area (Å²) in [6.07, 6.45) is -4.43. The van der Waals surface area contributed by atoms with Gasteiger partial charge in [-0.1, -0.05) is 12.1 Å². The van der Waals surface area contributed by atoms with E-state index in [9.17, 15) is 21.6 Å². The Morgan fingerprint density at radius 3 is 2.47 bits per heavy atom. The molecule has 5 nitrogen and oxygen atoms in total. The van der Waals surface area contributed by atoms with Crippen molar-refractivity contribution in [3.05, 3.63) is 24.3 Å². The molecular weight excluding hydrogens is 285 g/mol. The summed E-state index contributed by atoms with van der Waals surface area (Å²) < 4.78 is 65.1. The van der Waals surface area contributed by atoms with Crippen LogP contribution in [0.5, 0.6) is 0 Å². The van der Waals surface area contributed by atoms with Crippen LogP contribution in [-0.4, -0.2) is 34.4 Å². The van der Waals surface area contributed by atoms with Gasteiger partial charge in [0.1, 0.15) is 11.5 Å². The average Bonchev–Trinajstić information content (AvgIpc) is 2.27. The fourth-order valence-corrected chi connectivity index (χ4v) is 2.38. The Bertz CT molecular complexity index is 517. The number of sulfonamides is 1. The van der Waals surface area contributed by atoms with E-state index in [1.54, 1.807) is 6.07 Å². The number of nitrogen functional groups attached to an aromatic ring is 1. The number of halogens is 3. The lowest BCUT2D eigenvalue weighted by molar-refractivity contribution is -0.173. The molecule has 0 aliphatic heterocycles. The number of alkyl halides is 3. The molecule has 0 aliphatic rings. The molecule has 1 aromatic rings. The van der Waals surface area contributed by atoms with E-state index in [0.717, 1.165) is 0 Å². The normalized spacial score (nSPS) is 12.6. The van der Waals surface area contributed by atoms with E-state index in [0.29, 0.717) is 0 Å². The van der Waals surface area contributed by atoms with E-state index in [1.165, 1.54) is 18.2 Å². The number of hydrogen-bond acceptors (Lipinski definition) is 4. The highest BCUT2D eigenvalue weighted by atomic mass is 32.2. The number of nitrogens with one attached hydrogen (secondary N) is 1. The van der Waals surface area contributed by atoms with Gasteiger partial charge in [-0.25, -0.2) is 13.1 Å². The van der Waals surface area contributed by atoms with Crippen LogP contribution in [0, 0.1) is 0 Å². The molecule has 19 heavy (non-hydrogen) atoms. The van der Waals surface area contributed by atoms with Crippen LogP contribution in [0.15, 0.2) is 29.2 Å². The summed E-state index contributed by atoms with van der Waals surface area (Å²) in [6.45, 7) is -2.07. The molecule has 0 radical (unpaired) electrons. The van der Waals surface area contributed by atoms with Gasteiger partial charge in [0.2, 0.25) is 10.0 Å². The summed E-state index contributed by atoms with van der Waals surface area (Å²) in [6, 6.07) is 5.77. The molecule has 0 heterocycles. The Morgan fingerprint density at radius 2 is 1.89 bits per heavy atom. The molecule has 0 saturated carbocycles. The van der Waals surface area contributed by atoms with E-state index in [-0.39, 0.29) is 23.7 Å². The van der Waals surface area contributed by atoms with Gasteiger partial charge in [0.25, 0.3) is 0 Å². The lowest BCUT2D eigenvalue weighted by atomic mass is 10.3. The highest BCUT2D eigenvalue weighted by Crippen LogP contribution is 2.16. The lowest BCUT2D eigenvalue weighted by Gasteiger charge is -2.10. The third-order valence-electron chi connectivity index (χ3n) is 2.01. The topological polar surface area (TPSA) is 81.4 Å². The van der Waals surface area contributed by atoms with E-state index in [2.05, 4.69) is 9.46 Å². The molecule has 0 aromatic heterocycles. The first-order valence-corrected chi connectivity index (χ1v) is 6.69. The number of benzene rings is 1. The Morgan fingerprint density at radius 1 is 1.26 bits per heavy atom. The van der Waals surface area contributed by atoms with Crippen LogP contribution >= 0.6 is 0 Å². The molecule has 0 fully saturated rings. The fourth-order valence-electron chi connectivity index (χ4n) is 1.24. The molecule has 0 aliphatic carbocycles. The van der Waals surface area contributed by atoms with Crippen molar-refractivity contribution in [1.82, 2.24) is 4.72 Å². The average molecular weight is 298 g/mol. The molecule has 108 valence electrons. The molecule has 0 spiro atoms. The quantitative estimate of drug-likeness (QED) is 0.609.